The zero-order valence-corrected chi connectivity index (χ0v) is 24.5. The van der Waals surface area contributed by atoms with E-state index in [2.05, 4.69) is 10.2 Å². The molecule has 2 heterocycles. The SMILES string of the molecule is CCC(O)C1Oc2c(OC(=O)CCC(=O)NC(C(=O)O)C(C)C)ccc3c2C12CCN(CC1CCC1)C(C3)C2(C)O. The summed E-state index contributed by atoms with van der Waals surface area (Å²) >= 11 is 0. The number of aliphatic hydroxyl groups excluding tert-OH is 1. The normalized spacial score (nSPS) is 30.1. The van der Waals surface area contributed by atoms with Crippen LogP contribution in [0.25, 0.3) is 0 Å². The Balaban J connectivity index is 1.38. The fourth-order valence-electron chi connectivity index (χ4n) is 7.55. The standard InChI is InChI=1S/C31H44N2O8/c1-5-20(34)28-31-13-14-33(16-18-7-6-8-18)22(30(31,4)39)15-19-9-10-21(27(41-28)25(19)31)40-24(36)12-11-23(35)32-26(17(2)3)29(37)38/h9-10,17-18,20,22,26,28,34,39H,5-8,11-16H2,1-4H3,(H,32,35)(H,37,38). The number of carboxylic acid groups (broad SMARTS) is 1. The molecule has 2 aliphatic heterocycles. The van der Waals surface area contributed by atoms with Crippen LogP contribution >= 0.6 is 0 Å². The number of ether oxygens (including phenoxy) is 2. The van der Waals surface area contributed by atoms with E-state index in [4.69, 9.17) is 9.47 Å². The Hall–Kier alpha value is -2.69. The highest BCUT2D eigenvalue weighted by molar-refractivity contribution is 5.86. The maximum Gasteiger partial charge on any atom is 0.326 e. The summed E-state index contributed by atoms with van der Waals surface area (Å²) in [4.78, 5) is 39.0. The smallest absolute Gasteiger partial charge is 0.326 e. The van der Waals surface area contributed by atoms with Crippen molar-refractivity contribution in [3.05, 3.63) is 23.3 Å². The summed E-state index contributed by atoms with van der Waals surface area (Å²) in [6.07, 6.45) is 3.44. The second kappa shape index (κ2) is 11.2. The molecule has 5 rings (SSSR count). The average Bonchev–Trinajstić information content (AvgIpc) is 3.24. The van der Waals surface area contributed by atoms with Gasteiger partial charge >= 0.3 is 11.9 Å². The first-order valence-electron chi connectivity index (χ1n) is 15.1. The summed E-state index contributed by atoms with van der Waals surface area (Å²) in [6, 6.07) is 2.48. The lowest BCUT2D eigenvalue weighted by molar-refractivity contribution is -0.172. The largest absolute Gasteiger partial charge is 0.482 e. The summed E-state index contributed by atoms with van der Waals surface area (Å²) < 4.78 is 12.2. The third kappa shape index (κ3) is 5.02. The molecule has 6 atom stereocenters. The molecule has 2 aliphatic carbocycles. The van der Waals surface area contributed by atoms with Gasteiger partial charge in [-0.2, -0.15) is 0 Å². The molecule has 2 fully saturated rings. The number of amides is 1. The fraction of sp³-hybridized carbons (Fsp3) is 0.710. The molecule has 1 aromatic carbocycles. The zero-order chi connectivity index (χ0) is 29.7. The molecule has 1 aromatic rings. The quantitative estimate of drug-likeness (QED) is 0.232. The summed E-state index contributed by atoms with van der Waals surface area (Å²) in [7, 11) is 0. The van der Waals surface area contributed by atoms with Crippen molar-refractivity contribution >= 4 is 17.8 Å². The summed E-state index contributed by atoms with van der Waals surface area (Å²) in [5.41, 5.74) is -0.166. The lowest BCUT2D eigenvalue weighted by Gasteiger charge is -2.60. The van der Waals surface area contributed by atoms with Crippen LogP contribution in [0, 0.1) is 11.8 Å². The molecule has 226 valence electrons. The van der Waals surface area contributed by atoms with Gasteiger partial charge in [0.1, 0.15) is 12.1 Å². The van der Waals surface area contributed by atoms with Gasteiger partial charge in [0.15, 0.2) is 11.5 Å². The van der Waals surface area contributed by atoms with Crippen LogP contribution in [0.1, 0.15) is 83.8 Å². The van der Waals surface area contributed by atoms with Crippen LogP contribution in [0.3, 0.4) is 0 Å². The molecule has 41 heavy (non-hydrogen) atoms. The Morgan fingerprint density at radius 2 is 1.95 bits per heavy atom. The lowest BCUT2D eigenvalue weighted by atomic mass is 9.52. The molecule has 10 nitrogen and oxygen atoms in total. The van der Waals surface area contributed by atoms with E-state index >= 15 is 0 Å². The van der Waals surface area contributed by atoms with Gasteiger partial charge in [0.25, 0.3) is 0 Å². The highest BCUT2D eigenvalue weighted by Gasteiger charge is 2.69. The Morgan fingerprint density at radius 1 is 1.22 bits per heavy atom. The van der Waals surface area contributed by atoms with Gasteiger partial charge in [-0.3, -0.25) is 14.5 Å². The Labute approximate surface area is 241 Å². The number of hydrogen-bond donors (Lipinski definition) is 4. The van der Waals surface area contributed by atoms with E-state index in [0.29, 0.717) is 30.9 Å². The van der Waals surface area contributed by atoms with Crippen molar-refractivity contribution in [1.29, 1.82) is 0 Å². The first-order chi connectivity index (χ1) is 19.4. The third-order valence-corrected chi connectivity index (χ3v) is 10.1. The van der Waals surface area contributed by atoms with Crippen molar-refractivity contribution in [3.63, 3.8) is 0 Å². The summed E-state index contributed by atoms with van der Waals surface area (Å²) in [5.74, 6) is -1.38. The predicted octanol–water partition coefficient (Wildman–Crippen LogP) is 2.55. The van der Waals surface area contributed by atoms with Crippen molar-refractivity contribution < 1.29 is 39.2 Å². The van der Waals surface area contributed by atoms with E-state index < -0.39 is 47.1 Å². The van der Waals surface area contributed by atoms with Gasteiger partial charge in [-0.1, -0.05) is 33.3 Å². The molecule has 1 amide bonds. The highest BCUT2D eigenvalue weighted by Crippen LogP contribution is 2.62. The number of carbonyl (C=O) groups excluding carboxylic acids is 2. The number of fused-ring (bicyclic) bond motifs is 1. The number of nitrogens with zero attached hydrogens (tertiary/aromatic N) is 1. The Kier molecular flexibility index (Phi) is 8.13. The number of nitrogens with one attached hydrogen (secondary N) is 1. The number of aliphatic carboxylic acids is 1. The molecule has 6 unspecified atom stereocenters. The monoisotopic (exact) mass is 572 g/mol. The van der Waals surface area contributed by atoms with Gasteiger partial charge in [0, 0.05) is 24.6 Å². The molecular formula is C31H44N2O8. The van der Waals surface area contributed by atoms with Crippen molar-refractivity contribution in [2.24, 2.45) is 11.8 Å². The average molecular weight is 573 g/mol. The lowest BCUT2D eigenvalue weighted by Crippen LogP contribution is -2.74. The Bertz CT molecular complexity index is 1190. The van der Waals surface area contributed by atoms with Gasteiger partial charge in [-0.25, -0.2) is 4.79 Å². The number of piperidine rings is 1. The number of rotatable bonds is 11. The van der Waals surface area contributed by atoms with Gasteiger partial charge < -0.3 is 30.1 Å². The molecule has 10 heteroatoms. The van der Waals surface area contributed by atoms with Crippen molar-refractivity contribution in [3.8, 4) is 11.5 Å². The molecule has 0 aromatic heterocycles. The predicted molar refractivity (Wildman–Crippen MR) is 150 cm³/mol. The van der Waals surface area contributed by atoms with Crippen LogP contribution < -0.4 is 14.8 Å². The van der Waals surface area contributed by atoms with E-state index in [1.54, 1.807) is 19.9 Å². The molecule has 4 N–H and O–H groups in total. The number of hydrogen-bond acceptors (Lipinski definition) is 8. The minimum Gasteiger partial charge on any atom is -0.482 e. The fourth-order valence-corrected chi connectivity index (χ4v) is 7.55. The maximum atomic E-state index is 12.8. The van der Waals surface area contributed by atoms with Crippen LogP contribution in [0.15, 0.2) is 12.1 Å². The van der Waals surface area contributed by atoms with Gasteiger partial charge in [-0.15, -0.1) is 0 Å². The molecule has 1 saturated carbocycles. The van der Waals surface area contributed by atoms with Crippen LogP contribution in [0.5, 0.6) is 11.5 Å². The van der Waals surface area contributed by atoms with Gasteiger partial charge in [-0.05, 0) is 69.0 Å². The molecule has 4 aliphatic rings. The molecule has 2 bridgehead atoms. The summed E-state index contributed by atoms with van der Waals surface area (Å²) in [5, 5.41) is 35.2. The van der Waals surface area contributed by atoms with E-state index in [1.807, 2.05) is 19.9 Å². The minimum atomic E-state index is -1.17. The second-order valence-corrected chi connectivity index (χ2v) is 12.9. The second-order valence-electron chi connectivity index (χ2n) is 12.9. The van der Waals surface area contributed by atoms with Crippen LogP contribution in [0.2, 0.25) is 0 Å². The first kappa shape index (κ1) is 29.8. The van der Waals surface area contributed by atoms with Crippen molar-refractivity contribution in [2.75, 3.05) is 13.1 Å². The van der Waals surface area contributed by atoms with Gasteiger partial charge in [0.05, 0.1) is 23.5 Å². The minimum absolute atomic E-state index is 0.113. The first-order valence-corrected chi connectivity index (χ1v) is 15.1. The molecule has 0 radical (unpaired) electrons. The van der Waals surface area contributed by atoms with E-state index in [9.17, 15) is 29.7 Å². The zero-order valence-electron chi connectivity index (χ0n) is 24.5. The third-order valence-electron chi connectivity index (χ3n) is 10.1. The molecular weight excluding hydrogens is 528 g/mol. The number of likely N-dealkylation sites (tertiary alicyclic amines) is 1. The van der Waals surface area contributed by atoms with E-state index in [0.717, 1.165) is 24.2 Å². The van der Waals surface area contributed by atoms with Crippen molar-refractivity contribution in [1.82, 2.24) is 10.2 Å². The summed E-state index contributed by atoms with van der Waals surface area (Å²) in [6.45, 7) is 8.91. The van der Waals surface area contributed by atoms with Crippen LogP contribution in [-0.4, -0.2) is 81.0 Å². The number of carbonyl (C=O) groups is 3. The molecule has 1 saturated heterocycles. The number of carboxylic acids is 1. The van der Waals surface area contributed by atoms with Crippen LogP contribution in [-0.2, 0) is 26.2 Å². The van der Waals surface area contributed by atoms with Gasteiger partial charge in [0.2, 0.25) is 5.91 Å². The molecule has 1 spiro atoms. The number of aliphatic hydroxyl groups is 2. The number of benzene rings is 1. The van der Waals surface area contributed by atoms with Crippen LogP contribution in [0.4, 0.5) is 0 Å². The van der Waals surface area contributed by atoms with E-state index in [-0.39, 0.29) is 30.6 Å². The van der Waals surface area contributed by atoms with E-state index in [1.165, 1.54) is 19.3 Å². The highest BCUT2D eigenvalue weighted by atomic mass is 16.6. The Morgan fingerprint density at radius 3 is 2.56 bits per heavy atom. The maximum absolute atomic E-state index is 12.8. The topological polar surface area (TPSA) is 146 Å². The number of esters is 1. The van der Waals surface area contributed by atoms with Crippen molar-refractivity contribution in [2.45, 2.75) is 114 Å².